The molecule has 0 amide bonds. The number of aliphatic hydroxyl groups is 1. The van der Waals surface area contributed by atoms with Crippen LogP contribution in [-0.2, 0) is 4.74 Å². The summed E-state index contributed by atoms with van der Waals surface area (Å²) in [5, 5.41) is 17.2. The molecule has 1 heterocycles. The molecular formula is C19H31BrIN3O2S. The zero-order valence-electron chi connectivity index (χ0n) is 16.3. The first-order chi connectivity index (χ1) is 12.3. The minimum Gasteiger partial charge on any atom is -0.388 e. The zero-order chi connectivity index (χ0) is 19.0. The molecule has 3 N–H and O–H groups in total. The van der Waals surface area contributed by atoms with Gasteiger partial charge in [0.1, 0.15) is 0 Å². The number of benzene rings is 1. The predicted molar refractivity (Wildman–Crippen MR) is 128 cm³/mol. The molecule has 0 saturated carbocycles. The summed E-state index contributed by atoms with van der Waals surface area (Å²) >= 11 is 5.28. The van der Waals surface area contributed by atoms with E-state index in [1.807, 2.05) is 18.7 Å². The van der Waals surface area contributed by atoms with E-state index < -0.39 is 5.60 Å². The molecule has 2 rings (SSSR count). The molecule has 1 aliphatic heterocycles. The molecule has 0 aromatic heterocycles. The molecule has 1 fully saturated rings. The summed E-state index contributed by atoms with van der Waals surface area (Å²) in [6, 6.07) is 8.35. The van der Waals surface area contributed by atoms with Crippen molar-refractivity contribution in [2.45, 2.75) is 48.9 Å². The fraction of sp³-hybridized carbons (Fsp3) is 0.632. The third kappa shape index (κ3) is 9.34. The van der Waals surface area contributed by atoms with Crippen molar-refractivity contribution < 1.29 is 9.84 Å². The first kappa shape index (κ1) is 25.0. The van der Waals surface area contributed by atoms with Crippen LogP contribution in [0, 0.1) is 0 Å². The topological polar surface area (TPSA) is 65.9 Å². The van der Waals surface area contributed by atoms with Crippen LogP contribution >= 0.6 is 51.7 Å². The molecule has 1 aromatic carbocycles. The van der Waals surface area contributed by atoms with Crippen molar-refractivity contribution in [2.75, 3.05) is 32.8 Å². The van der Waals surface area contributed by atoms with E-state index in [0.29, 0.717) is 39.1 Å². The summed E-state index contributed by atoms with van der Waals surface area (Å²) in [6.45, 7) is 9.60. The number of hydrogen-bond donors (Lipinski definition) is 3. The molecule has 0 radical (unpaired) electrons. The number of guanidine groups is 1. The Hall–Kier alpha value is -0.0300. The van der Waals surface area contributed by atoms with Gasteiger partial charge in [-0.25, -0.2) is 0 Å². The van der Waals surface area contributed by atoms with Crippen LogP contribution in [0.5, 0.6) is 0 Å². The van der Waals surface area contributed by atoms with Crippen molar-refractivity contribution in [3.05, 3.63) is 28.7 Å². The Kier molecular flexibility index (Phi) is 11.0. The molecule has 1 aliphatic rings. The standard InChI is InChI=1S/C19H30BrN3O2S.HI/c1-4-21-17(23-14-19(24)9-11-25-12-10-19)22-13-18(2,3)26-16-7-5-15(20)6-8-16;/h5-8,24H,4,9-14H2,1-3H3,(H2,21,22,23);1H. The number of nitrogens with one attached hydrogen (secondary N) is 2. The van der Waals surface area contributed by atoms with Gasteiger partial charge in [-0.3, -0.25) is 4.99 Å². The zero-order valence-corrected chi connectivity index (χ0v) is 21.0. The molecule has 1 saturated heterocycles. The Balaban J connectivity index is 0.00000364. The quantitative estimate of drug-likeness (QED) is 0.199. The van der Waals surface area contributed by atoms with E-state index in [1.54, 1.807) is 0 Å². The van der Waals surface area contributed by atoms with E-state index >= 15 is 0 Å². The smallest absolute Gasteiger partial charge is 0.191 e. The molecule has 5 nitrogen and oxygen atoms in total. The van der Waals surface area contributed by atoms with E-state index in [-0.39, 0.29) is 28.7 Å². The summed E-state index contributed by atoms with van der Waals surface area (Å²) in [5.74, 6) is 0.747. The lowest BCUT2D eigenvalue weighted by Gasteiger charge is -2.32. The summed E-state index contributed by atoms with van der Waals surface area (Å²) < 4.78 is 6.39. The molecular weight excluding hydrogens is 541 g/mol. The molecule has 8 heteroatoms. The summed E-state index contributed by atoms with van der Waals surface area (Å²) in [5.41, 5.74) is -0.712. The second-order valence-electron chi connectivity index (χ2n) is 7.20. The maximum absolute atomic E-state index is 10.6. The van der Waals surface area contributed by atoms with Crippen LogP contribution in [0.2, 0.25) is 0 Å². The number of ether oxygens (including phenoxy) is 1. The van der Waals surface area contributed by atoms with E-state index in [0.717, 1.165) is 17.0 Å². The Morgan fingerprint density at radius 1 is 1.26 bits per heavy atom. The van der Waals surface area contributed by atoms with Crippen LogP contribution in [0.1, 0.15) is 33.6 Å². The molecule has 0 unspecified atom stereocenters. The van der Waals surface area contributed by atoms with Gasteiger partial charge in [0.05, 0.1) is 12.1 Å². The van der Waals surface area contributed by atoms with Crippen molar-refractivity contribution in [3.8, 4) is 0 Å². The van der Waals surface area contributed by atoms with Gasteiger partial charge < -0.3 is 20.5 Å². The van der Waals surface area contributed by atoms with Gasteiger partial charge >= 0.3 is 0 Å². The van der Waals surface area contributed by atoms with Crippen LogP contribution in [0.15, 0.2) is 38.6 Å². The van der Waals surface area contributed by atoms with Crippen molar-refractivity contribution in [2.24, 2.45) is 4.99 Å². The second-order valence-corrected chi connectivity index (χ2v) is 9.90. The summed E-state index contributed by atoms with van der Waals surface area (Å²) in [6.07, 6.45) is 1.31. The van der Waals surface area contributed by atoms with Gasteiger partial charge in [0.25, 0.3) is 0 Å². The average molecular weight is 572 g/mol. The van der Waals surface area contributed by atoms with Crippen molar-refractivity contribution in [1.29, 1.82) is 0 Å². The van der Waals surface area contributed by atoms with Crippen molar-refractivity contribution >= 4 is 57.6 Å². The van der Waals surface area contributed by atoms with Crippen molar-refractivity contribution in [1.82, 2.24) is 10.6 Å². The summed E-state index contributed by atoms with van der Waals surface area (Å²) in [4.78, 5) is 5.96. The number of thioether (sulfide) groups is 1. The average Bonchev–Trinajstić information content (AvgIpc) is 2.60. The number of halogens is 2. The van der Waals surface area contributed by atoms with Gasteiger partial charge in [-0.15, -0.1) is 35.7 Å². The normalized spacial score (nSPS) is 17.1. The van der Waals surface area contributed by atoms with Gasteiger partial charge in [0, 0.05) is 53.3 Å². The Morgan fingerprint density at radius 3 is 2.48 bits per heavy atom. The van der Waals surface area contributed by atoms with Gasteiger partial charge in [0.2, 0.25) is 0 Å². The predicted octanol–water partition coefficient (Wildman–Crippen LogP) is 4.03. The molecule has 1 aromatic rings. The van der Waals surface area contributed by atoms with Crippen LogP contribution in [0.4, 0.5) is 0 Å². The fourth-order valence-corrected chi connectivity index (χ4v) is 3.95. The van der Waals surface area contributed by atoms with Crippen LogP contribution in [0.25, 0.3) is 0 Å². The number of aliphatic imine (C=N–C) groups is 1. The van der Waals surface area contributed by atoms with E-state index in [9.17, 15) is 5.11 Å². The Morgan fingerprint density at radius 2 is 1.89 bits per heavy atom. The first-order valence-electron chi connectivity index (χ1n) is 9.09. The number of nitrogens with zero attached hydrogens (tertiary/aromatic N) is 1. The van der Waals surface area contributed by atoms with Crippen molar-refractivity contribution in [3.63, 3.8) is 0 Å². The van der Waals surface area contributed by atoms with Crippen LogP contribution in [-0.4, -0.2) is 54.3 Å². The Labute approximate surface area is 192 Å². The lowest BCUT2D eigenvalue weighted by atomic mass is 9.94. The highest BCUT2D eigenvalue weighted by atomic mass is 127. The van der Waals surface area contributed by atoms with Gasteiger partial charge in [0.15, 0.2) is 5.96 Å². The van der Waals surface area contributed by atoms with Gasteiger partial charge in [-0.1, -0.05) is 15.9 Å². The SMILES string of the molecule is CCNC(=NCC(C)(C)Sc1ccc(Br)cc1)NCC1(O)CCOCC1.I. The lowest BCUT2D eigenvalue weighted by Crippen LogP contribution is -2.49. The summed E-state index contributed by atoms with van der Waals surface area (Å²) in [7, 11) is 0. The highest BCUT2D eigenvalue weighted by molar-refractivity contribution is 14.0. The molecule has 0 atom stereocenters. The largest absolute Gasteiger partial charge is 0.388 e. The van der Waals surface area contributed by atoms with Crippen LogP contribution < -0.4 is 10.6 Å². The van der Waals surface area contributed by atoms with Gasteiger partial charge in [-0.05, 0) is 45.0 Å². The van der Waals surface area contributed by atoms with Gasteiger partial charge in [-0.2, -0.15) is 0 Å². The second kappa shape index (κ2) is 11.8. The van der Waals surface area contributed by atoms with E-state index in [2.05, 4.69) is 64.7 Å². The lowest BCUT2D eigenvalue weighted by molar-refractivity contribution is -0.0594. The molecule has 0 spiro atoms. The fourth-order valence-electron chi connectivity index (χ4n) is 2.64. The first-order valence-corrected chi connectivity index (χ1v) is 10.7. The maximum atomic E-state index is 10.6. The molecule has 27 heavy (non-hydrogen) atoms. The monoisotopic (exact) mass is 571 g/mol. The highest BCUT2D eigenvalue weighted by Gasteiger charge is 2.30. The number of hydrogen-bond acceptors (Lipinski definition) is 4. The number of rotatable bonds is 7. The third-order valence-electron chi connectivity index (χ3n) is 4.18. The minimum absolute atomic E-state index is 0. The minimum atomic E-state index is -0.712. The highest BCUT2D eigenvalue weighted by Crippen LogP contribution is 2.33. The maximum Gasteiger partial charge on any atom is 0.191 e. The molecule has 0 aliphatic carbocycles. The third-order valence-corrected chi connectivity index (χ3v) is 5.90. The van der Waals surface area contributed by atoms with Crippen LogP contribution in [0.3, 0.4) is 0 Å². The molecule has 0 bridgehead atoms. The Bertz CT molecular complexity index is 593. The van der Waals surface area contributed by atoms with E-state index in [1.165, 1.54) is 4.90 Å². The van der Waals surface area contributed by atoms with E-state index in [4.69, 9.17) is 9.73 Å². The molecule has 154 valence electrons.